The average molecular weight is 212 g/mol. The molecule has 0 amide bonds. The molecule has 3 nitrogen and oxygen atoms in total. The molecule has 2 unspecified atom stereocenters. The zero-order chi connectivity index (χ0) is 10.7. The van der Waals surface area contributed by atoms with Crippen molar-refractivity contribution in [1.82, 2.24) is 10.2 Å². The smallest absolute Gasteiger partial charge is 0.0711 e. The van der Waals surface area contributed by atoms with Crippen LogP contribution in [0.15, 0.2) is 0 Å². The van der Waals surface area contributed by atoms with E-state index >= 15 is 0 Å². The number of hydrogen-bond acceptors (Lipinski definition) is 3. The number of ether oxygens (including phenoxy) is 1. The first-order valence-corrected chi connectivity index (χ1v) is 6.30. The van der Waals surface area contributed by atoms with Gasteiger partial charge in [0.05, 0.1) is 6.10 Å². The quantitative estimate of drug-likeness (QED) is 0.713. The van der Waals surface area contributed by atoms with E-state index in [1.807, 2.05) is 7.11 Å². The minimum absolute atomic E-state index is 0.439. The van der Waals surface area contributed by atoms with Crippen molar-refractivity contribution in [2.24, 2.45) is 5.92 Å². The summed E-state index contributed by atoms with van der Waals surface area (Å²) in [6.45, 7) is 7.00. The van der Waals surface area contributed by atoms with E-state index < -0.39 is 0 Å². The van der Waals surface area contributed by atoms with Crippen LogP contribution in [0.2, 0.25) is 0 Å². The van der Waals surface area contributed by atoms with Crippen LogP contribution in [0.4, 0.5) is 0 Å². The van der Waals surface area contributed by atoms with Crippen molar-refractivity contribution < 1.29 is 4.74 Å². The third kappa shape index (κ3) is 3.44. The lowest BCUT2D eigenvalue weighted by atomic mass is 10.2. The maximum Gasteiger partial charge on any atom is 0.0711 e. The van der Waals surface area contributed by atoms with Crippen molar-refractivity contribution in [2.45, 2.75) is 38.3 Å². The van der Waals surface area contributed by atoms with Crippen LogP contribution in [-0.2, 0) is 4.74 Å². The van der Waals surface area contributed by atoms with Gasteiger partial charge in [-0.15, -0.1) is 0 Å². The number of likely N-dealkylation sites (N-methyl/N-ethyl adjacent to an activating group) is 1. The second kappa shape index (κ2) is 5.28. The molecule has 1 saturated heterocycles. The van der Waals surface area contributed by atoms with E-state index in [1.54, 1.807) is 0 Å². The minimum atomic E-state index is 0.439. The zero-order valence-electron chi connectivity index (χ0n) is 10.0. The molecule has 0 aromatic rings. The molecule has 2 aliphatic rings. The van der Waals surface area contributed by atoms with Crippen molar-refractivity contribution in [2.75, 3.05) is 33.3 Å². The van der Waals surface area contributed by atoms with E-state index in [-0.39, 0.29) is 0 Å². The molecule has 2 atom stereocenters. The molecule has 1 N–H and O–H groups in total. The van der Waals surface area contributed by atoms with Crippen LogP contribution in [0.5, 0.6) is 0 Å². The van der Waals surface area contributed by atoms with Crippen molar-refractivity contribution >= 4 is 0 Å². The van der Waals surface area contributed by atoms with Gasteiger partial charge in [-0.25, -0.2) is 0 Å². The second-order valence-electron chi connectivity index (χ2n) is 4.99. The first kappa shape index (κ1) is 11.4. The molecule has 2 rings (SSSR count). The van der Waals surface area contributed by atoms with E-state index in [2.05, 4.69) is 17.1 Å². The third-order valence-corrected chi connectivity index (χ3v) is 3.65. The van der Waals surface area contributed by atoms with Crippen LogP contribution >= 0.6 is 0 Å². The van der Waals surface area contributed by atoms with Gasteiger partial charge in [-0.05, 0) is 31.7 Å². The Morgan fingerprint density at radius 3 is 2.67 bits per heavy atom. The van der Waals surface area contributed by atoms with Crippen LogP contribution in [0.3, 0.4) is 0 Å². The second-order valence-corrected chi connectivity index (χ2v) is 4.99. The van der Waals surface area contributed by atoms with Gasteiger partial charge in [0, 0.05) is 32.8 Å². The Balaban J connectivity index is 1.69. The Morgan fingerprint density at radius 1 is 1.33 bits per heavy atom. The summed E-state index contributed by atoms with van der Waals surface area (Å²) in [5, 5.41) is 3.55. The maximum atomic E-state index is 5.37. The molecule has 1 heterocycles. The van der Waals surface area contributed by atoms with Crippen LogP contribution in [0.25, 0.3) is 0 Å². The summed E-state index contributed by atoms with van der Waals surface area (Å²) in [6.07, 6.45) is 4.53. The summed E-state index contributed by atoms with van der Waals surface area (Å²) >= 11 is 0. The monoisotopic (exact) mass is 212 g/mol. The molecule has 0 spiro atoms. The van der Waals surface area contributed by atoms with E-state index in [0.29, 0.717) is 12.1 Å². The predicted molar refractivity (Wildman–Crippen MR) is 62.0 cm³/mol. The standard InChI is InChI=1S/C12H24N2O/c1-3-14(8-10-4-5-10)9-11-6-12(15-2)7-13-11/h10-13H,3-9H2,1-2H3. The summed E-state index contributed by atoms with van der Waals surface area (Å²) < 4.78 is 5.37. The van der Waals surface area contributed by atoms with Crippen LogP contribution in [0.1, 0.15) is 26.2 Å². The van der Waals surface area contributed by atoms with Gasteiger partial charge in [0.2, 0.25) is 0 Å². The molecule has 3 heteroatoms. The Bertz CT molecular complexity index is 194. The maximum absolute atomic E-state index is 5.37. The Kier molecular flexibility index (Phi) is 4.00. The third-order valence-electron chi connectivity index (χ3n) is 3.65. The first-order chi connectivity index (χ1) is 7.31. The largest absolute Gasteiger partial charge is 0.380 e. The molecule has 0 aromatic carbocycles. The van der Waals surface area contributed by atoms with E-state index in [9.17, 15) is 0 Å². The molecule has 88 valence electrons. The molecule has 0 bridgehead atoms. The molecule has 0 aromatic heterocycles. The summed E-state index contributed by atoms with van der Waals surface area (Å²) in [5.41, 5.74) is 0. The van der Waals surface area contributed by atoms with Gasteiger partial charge in [0.1, 0.15) is 0 Å². The number of nitrogens with zero attached hydrogens (tertiary/aromatic N) is 1. The predicted octanol–water partition coefficient (Wildman–Crippen LogP) is 1.10. The van der Waals surface area contributed by atoms with Gasteiger partial charge in [0.25, 0.3) is 0 Å². The number of methoxy groups -OCH3 is 1. The SMILES string of the molecule is CCN(CC1CC1)CC1CC(OC)CN1. The molecule has 1 aliphatic carbocycles. The topological polar surface area (TPSA) is 24.5 Å². The lowest BCUT2D eigenvalue weighted by Crippen LogP contribution is -2.38. The van der Waals surface area contributed by atoms with Crippen LogP contribution < -0.4 is 5.32 Å². The van der Waals surface area contributed by atoms with Gasteiger partial charge in [-0.1, -0.05) is 6.92 Å². The Hall–Kier alpha value is -0.120. The summed E-state index contributed by atoms with van der Waals surface area (Å²) in [6, 6.07) is 0.647. The Labute approximate surface area is 93.2 Å². The van der Waals surface area contributed by atoms with Crippen molar-refractivity contribution in [3.63, 3.8) is 0 Å². The summed E-state index contributed by atoms with van der Waals surface area (Å²) in [4.78, 5) is 2.59. The van der Waals surface area contributed by atoms with E-state index in [1.165, 1.54) is 38.9 Å². The fourth-order valence-electron chi connectivity index (χ4n) is 2.41. The summed E-state index contributed by atoms with van der Waals surface area (Å²) in [7, 11) is 1.82. The number of nitrogens with one attached hydrogen (secondary N) is 1. The van der Waals surface area contributed by atoms with Crippen molar-refractivity contribution in [1.29, 1.82) is 0 Å². The first-order valence-electron chi connectivity index (χ1n) is 6.30. The molecule has 0 radical (unpaired) electrons. The minimum Gasteiger partial charge on any atom is -0.380 e. The lowest BCUT2D eigenvalue weighted by Gasteiger charge is -2.24. The van der Waals surface area contributed by atoms with Gasteiger partial charge in [0.15, 0.2) is 0 Å². The van der Waals surface area contributed by atoms with E-state index in [4.69, 9.17) is 4.74 Å². The Morgan fingerprint density at radius 2 is 2.13 bits per heavy atom. The van der Waals surface area contributed by atoms with Crippen molar-refractivity contribution in [3.8, 4) is 0 Å². The number of hydrogen-bond donors (Lipinski definition) is 1. The van der Waals surface area contributed by atoms with E-state index in [0.717, 1.165) is 12.5 Å². The fraction of sp³-hybridized carbons (Fsp3) is 1.00. The van der Waals surface area contributed by atoms with Crippen molar-refractivity contribution in [3.05, 3.63) is 0 Å². The molecule has 15 heavy (non-hydrogen) atoms. The highest BCUT2D eigenvalue weighted by Crippen LogP contribution is 2.29. The molecule has 1 aliphatic heterocycles. The average Bonchev–Trinajstić information content (AvgIpc) is 2.95. The highest BCUT2D eigenvalue weighted by Gasteiger charge is 2.28. The number of rotatable bonds is 6. The molecular weight excluding hydrogens is 188 g/mol. The fourth-order valence-corrected chi connectivity index (χ4v) is 2.41. The van der Waals surface area contributed by atoms with Gasteiger partial charge >= 0.3 is 0 Å². The lowest BCUT2D eigenvalue weighted by molar-refractivity contribution is 0.115. The van der Waals surface area contributed by atoms with Crippen LogP contribution in [-0.4, -0.2) is 50.3 Å². The normalized spacial score (nSPS) is 31.4. The van der Waals surface area contributed by atoms with Gasteiger partial charge < -0.3 is 15.0 Å². The molecule has 2 fully saturated rings. The zero-order valence-corrected chi connectivity index (χ0v) is 10.0. The highest BCUT2D eigenvalue weighted by molar-refractivity contribution is 4.86. The highest BCUT2D eigenvalue weighted by atomic mass is 16.5. The van der Waals surface area contributed by atoms with Gasteiger partial charge in [-0.3, -0.25) is 0 Å². The van der Waals surface area contributed by atoms with Crippen LogP contribution in [0, 0.1) is 5.92 Å². The van der Waals surface area contributed by atoms with Gasteiger partial charge in [-0.2, -0.15) is 0 Å². The molecule has 1 saturated carbocycles. The summed E-state index contributed by atoms with van der Waals surface area (Å²) in [5.74, 6) is 1.00. The molecular formula is C12H24N2O.